The van der Waals surface area contributed by atoms with Crippen molar-refractivity contribution in [3.05, 3.63) is 66.1 Å². The number of aromatic nitrogens is 4. The van der Waals surface area contributed by atoms with Crippen molar-refractivity contribution >= 4 is 34.9 Å². The Kier molecular flexibility index (Phi) is 6.55. The number of rotatable bonds is 7. The molecule has 4 rings (SSSR count). The van der Waals surface area contributed by atoms with Gasteiger partial charge in [-0.05, 0) is 49.7 Å². The van der Waals surface area contributed by atoms with E-state index in [1.807, 2.05) is 43.3 Å². The predicted molar refractivity (Wildman–Crippen MR) is 126 cm³/mol. The quantitative estimate of drug-likeness (QED) is 0.378. The molecule has 2 aromatic carbocycles. The third-order valence-electron chi connectivity index (χ3n) is 4.84. The van der Waals surface area contributed by atoms with Gasteiger partial charge in [0.2, 0.25) is 0 Å². The van der Waals surface area contributed by atoms with Gasteiger partial charge in [0, 0.05) is 33.6 Å². The second-order valence-corrected chi connectivity index (χ2v) is 8.20. The minimum atomic E-state index is -0.321. The SMILES string of the molecule is CCCc1c(C)nc2ncnn2c1Sc1ccc(NC(=O)Nc2cccc(OC)c2)cc1. The molecule has 0 saturated carbocycles. The molecule has 8 nitrogen and oxygen atoms in total. The maximum atomic E-state index is 12.3. The highest BCUT2D eigenvalue weighted by molar-refractivity contribution is 7.99. The molecule has 0 bridgehead atoms. The lowest BCUT2D eigenvalue weighted by Gasteiger charge is -2.13. The first-order chi connectivity index (χ1) is 15.6. The zero-order valence-corrected chi connectivity index (χ0v) is 18.9. The van der Waals surface area contributed by atoms with Gasteiger partial charge in [0.05, 0.1) is 7.11 Å². The summed E-state index contributed by atoms with van der Waals surface area (Å²) in [6.07, 6.45) is 3.46. The van der Waals surface area contributed by atoms with Gasteiger partial charge in [0.1, 0.15) is 17.1 Å². The summed E-state index contributed by atoms with van der Waals surface area (Å²) in [4.78, 5) is 22.2. The van der Waals surface area contributed by atoms with Crippen molar-refractivity contribution in [2.24, 2.45) is 0 Å². The van der Waals surface area contributed by atoms with Crippen LogP contribution in [-0.2, 0) is 6.42 Å². The summed E-state index contributed by atoms with van der Waals surface area (Å²) in [5.41, 5.74) is 3.50. The zero-order chi connectivity index (χ0) is 22.5. The number of benzene rings is 2. The normalized spacial score (nSPS) is 10.8. The number of carbonyl (C=O) groups excluding carboxylic acids is 1. The summed E-state index contributed by atoms with van der Waals surface area (Å²) in [7, 11) is 1.59. The van der Waals surface area contributed by atoms with Crippen LogP contribution in [-0.4, -0.2) is 32.7 Å². The van der Waals surface area contributed by atoms with Gasteiger partial charge in [-0.25, -0.2) is 9.78 Å². The van der Waals surface area contributed by atoms with Crippen LogP contribution >= 0.6 is 11.8 Å². The monoisotopic (exact) mass is 448 g/mol. The van der Waals surface area contributed by atoms with E-state index < -0.39 is 0 Å². The van der Waals surface area contributed by atoms with Crippen molar-refractivity contribution in [2.45, 2.75) is 36.6 Å². The first kappa shape index (κ1) is 21.6. The van der Waals surface area contributed by atoms with Crippen molar-refractivity contribution in [3.8, 4) is 5.75 Å². The Morgan fingerprint density at radius 1 is 1.12 bits per heavy atom. The Bertz CT molecular complexity index is 1240. The number of hydrogen-bond donors (Lipinski definition) is 2. The van der Waals surface area contributed by atoms with Gasteiger partial charge >= 0.3 is 6.03 Å². The van der Waals surface area contributed by atoms with Crippen LogP contribution < -0.4 is 15.4 Å². The molecule has 2 aromatic heterocycles. The summed E-state index contributed by atoms with van der Waals surface area (Å²) in [6.45, 7) is 4.16. The lowest BCUT2D eigenvalue weighted by Crippen LogP contribution is -2.19. The number of anilines is 2. The number of hydrogen-bond acceptors (Lipinski definition) is 6. The largest absolute Gasteiger partial charge is 0.497 e. The predicted octanol–water partition coefficient (Wildman–Crippen LogP) is 5.19. The van der Waals surface area contributed by atoms with Crippen molar-refractivity contribution in [2.75, 3.05) is 17.7 Å². The molecule has 0 radical (unpaired) electrons. The van der Waals surface area contributed by atoms with Crippen LogP contribution in [0.3, 0.4) is 0 Å². The fraction of sp³-hybridized carbons (Fsp3) is 0.217. The van der Waals surface area contributed by atoms with Crippen LogP contribution in [0.4, 0.5) is 16.2 Å². The second kappa shape index (κ2) is 9.69. The smallest absolute Gasteiger partial charge is 0.323 e. The molecular weight excluding hydrogens is 424 g/mol. The molecule has 164 valence electrons. The molecule has 0 aliphatic heterocycles. The minimum absolute atomic E-state index is 0.321. The molecule has 0 aliphatic carbocycles. The summed E-state index contributed by atoms with van der Waals surface area (Å²) >= 11 is 1.61. The number of nitrogens with zero attached hydrogens (tertiary/aromatic N) is 4. The molecule has 2 N–H and O–H groups in total. The molecular formula is C23H24N6O2S. The Balaban J connectivity index is 1.48. The van der Waals surface area contributed by atoms with Gasteiger partial charge in [-0.15, -0.1) is 0 Å². The number of carbonyl (C=O) groups is 1. The van der Waals surface area contributed by atoms with Crippen LogP contribution in [0, 0.1) is 6.92 Å². The van der Waals surface area contributed by atoms with Crippen molar-refractivity contribution in [3.63, 3.8) is 0 Å². The molecule has 32 heavy (non-hydrogen) atoms. The van der Waals surface area contributed by atoms with Crippen LogP contribution in [0.5, 0.6) is 5.75 Å². The van der Waals surface area contributed by atoms with Crippen molar-refractivity contribution in [1.82, 2.24) is 19.6 Å². The molecule has 0 atom stereocenters. The maximum absolute atomic E-state index is 12.3. The van der Waals surface area contributed by atoms with Crippen molar-refractivity contribution in [1.29, 1.82) is 0 Å². The third kappa shape index (κ3) is 4.83. The fourth-order valence-electron chi connectivity index (χ4n) is 3.31. The van der Waals surface area contributed by atoms with E-state index in [1.54, 1.807) is 35.5 Å². The van der Waals surface area contributed by atoms with E-state index in [2.05, 4.69) is 32.6 Å². The zero-order valence-electron chi connectivity index (χ0n) is 18.1. The Morgan fingerprint density at radius 2 is 1.91 bits per heavy atom. The van der Waals surface area contributed by atoms with Crippen LogP contribution in [0.25, 0.3) is 5.78 Å². The molecule has 0 fully saturated rings. The van der Waals surface area contributed by atoms with Crippen LogP contribution in [0.15, 0.2) is 64.8 Å². The number of aryl methyl sites for hydroxylation is 1. The maximum Gasteiger partial charge on any atom is 0.323 e. The summed E-state index contributed by atoms with van der Waals surface area (Å²) in [5, 5.41) is 11.0. The number of urea groups is 1. The molecule has 0 unspecified atom stereocenters. The summed E-state index contributed by atoms with van der Waals surface area (Å²) in [6, 6.07) is 14.6. The van der Waals surface area contributed by atoms with Gasteiger partial charge in [-0.3, -0.25) is 0 Å². The average molecular weight is 449 g/mol. The number of fused-ring (bicyclic) bond motifs is 1. The standard InChI is InChI=1S/C23H24N6O2S/c1-4-6-20-15(2)26-22-24-14-25-29(22)21(20)32-19-11-9-16(10-12-19)27-23(30)28-17-7-5-8-18(13-17)31-3/h5,7-14H,4,6H2,1-3H3,(H2,27,28,30). The minimum Gasteiger partial charge on any atom is -0.497 e. The van der Waals surface area contributed by atoms with Gasteiger partial charge < -0.3 is 15.4 Å². The molecule has 0 spiro atoms. The molecule has 4 aromatic rings. The lowest BCUT2D eigenvalue weighted by molar-refractivity contribution is 0.262. The van der Waals surface area contributed by atoms with E-state index in [0.717, 1.165) is 28.5 Å². The Hall–Kier alpha value is -3.59. The van der Waals surface area contributed by atoms with E-state index in [-0.39, 0.29) is 6.03 Å². The Labute approximate surface area is 190 Å². The van der Waals surface area contributed by atoms with Crippen LogP contribution in [0.2, 0.25) is 0 Å². The molecule has 2 heterocycles. The number of ether oxygens (including phenoxy) is 1. The molecule has 2 amide bonds. The van der Waals surface area contributed by atoms with E-state index in [1.165, 1.54) is 11.9 Å². The molecule has 9 heteroatoms. The Morgan fingerprint density at radius 3 is 2.66 bits per heavy atom. The average Bonchev–Trinajstić information content (AvgIpc) is 3.25. The highest BCUT2D eigenvalue weighted by Gasteiger charge is 2.15. The number of nitrogens with one attached hydrogen (secondary N) is 2. The molecule has 0 aliphatic rings. The lowest BCUT2D eigenvalue weighted by atomic mass is 10.1. The first-order valence-corrected chi connectivity index (χ1v) is 11.1. The van der Waals surface area contributed by atoms with E-state index >= 15 is 0 Å². The van der Waals surface area contributed by atoms with E-state index in [0.29, 0.717) is 22.9 Å². The highest BCUT2D eigenvalue weighted by Crippen LogP contribution is 2.33. The molecule has 0 saturated heterocycles. The topological polar surface area (TPSA) is 93.4 Å². The van der Waals surface area contributed by atoms with Gasteiger partial charge in [0.25, 0.3) is 5.78 Å². The number of amides is 2. The van der Waals surface area contributed by atoms with Crippen LogP contribution in [0.1, 0.15) is 24.6 Å². The number of methoxy groups -OCH3 is 1. The van der Waals surface area contributed by atoms with E-state index in [9.17, 15) is 4.79 Å². The van der Waals surface area contributed by atoms with Gasteiger partial charge in [0.15, 0.2) is 0 Å². The first-order valence-electron chi connectivity index (χ1n) is 10.3. The summed E-state index contributed by atoms with van der Waals surface area (Å²) in [5.74, 6) is 1.27. The fourth-order valence-corrected chi connectivity index (χ4v) is 4.39. The van der Waals surface area contributed by atoms with E-state index in [4.69, 9.17) is 4.74 Å². The van der Waals surface area contributed by atoms with Crippen molar-refractivity contribution < 1.29 is 9.53 Å². The summed E-state index contributed by atoms with van der Waals surface area (Å²) < 4.78 is 6.97. The third-order valence-corrected chi connectivity index (χ3v) is 5.96. The van der Waals surface area contributed by atoms with Gasteiger partial charge in [-0.1, -0.05) is 31.2 Å². The highest BCUT2D eigenvalue weighted by atomic mass is 32.2. The second-order valence-electron chi connectivity index (χ2n) is 7.14. The van der Waals surface area contributed by atoms with Gasteiger partial charge in [-0.2, -0.15) is 14.6 Å².